The Balaban J connectivity index is 0.000000268. The molecule has 112 heavy (non-hydrogen) atoms. The summed E-state index contributed by atoms with van der Waals surface area (Å²) in [5, 5.41) is 30.9. The summed E-state index contributed by atoms with van der Waals surface area (Å²) in [4.78, 5) is 41.9. The molecule has 0 saturated heterocycles. The third-order valence-corrected chi connectivity index (χ3v) is 32.8. The van der Waals surface area contributed by atoms with E-state index < -0.39 is 20.0 Å². The molecule has 18 heteroatoms. The van der Waals surface area contributed by atoms with Gasteiger partial charge in [-0.05, 0) is 204 Å². The van der Waals surface area contributed by atoms with Crippen molar-refractivity contribution in [1.82, 2.24) is 0 Å². The Kier molecular flexibility index (Phi) is 29.3. The maximum absolute atomic E-state index is 12.0. The van der Waals surface area contributed by atoms with Crippen molar-refractivity contribution in [2.45, 2.75) is 156 Å². The molecule has 12 nitrogen and oxygen atoms in total. The second kappa shape index (κ2) is 40.1. The first-order valence-corrected chi connectivity index (χ1v) is 46.3. The Morgan fingerprint density at radius 1 is 0.482 bits per heavy atom. The molecule has 2 aliphatic rings. The lowest BCUT2D eigenvalue weighted by atomic mass is 10.0. The molecule has 0 aliphatic carbocycles. The molecule has 2 N–H and O–H groups in total. The summed E-state index contributed by atoms with van der Waals surface area (Å²) in [6, 6.07) is 71.9. The van der Waals surface area contributed by atoms with Crippen LogP contribution in [-0.2, 0) is 9.59 Å². The van der Waals surface area contributed by atoms with Crippen LogP contribution in [0.25, 0.3) is 67.1 Å². The van der Waals surface area contributed by atoms with Crippen molar-refractivity contribution in [3.63, 3.8) is 0 Å². The van der Waals surface area contributed by atoms with Gasteiger partial charge in [-0.2, -0.15) is 5.26 Å². The number of nitriles is 1. The summed E-state index contributed by atoms with van der Waals surface area (Å²) >= 11 is 8.42. The molecule has 2 unspecified atom stereocenters. The van der Waals surface area contributed by atoms with E-state index in [-0.39, 0.29) is 11.3 Å². The lowest BCUT2D eigenvalue weighted by molar-refractivity contribution is -0.133. The Hall–Kier alpha value is -9.76. The van der Waals surface area contributed by atoms with E-state index in [0.29, 0.717) is 25.0 Å². The van der Waals surface area contributed by atoms with Crippen LogP contribution in [0.3, 0.4) is 0 Å². The van der Waals surface area contributed by atoms with Crippen LogP contribution in [0, 0.1) is 29.7 Å². The van der Waals surface area contributed by atoms with Gasteiger partial charge in [-0.1, -0.05) is 192 Å². The molecule has 11 aromatic rings. The second-order valence-electron chi connectivity index (χ2n) is 28.7. The predicted octanol–water partition coefficient (Wildman–Crippen LogP) is 27.3. The van der Waals surface area contributed by atoms with E-state index in [4.69, 9.17) is 35.9 Å². The quantitative estimate of drug-likeness (QED) is 0.0125. The molecular weight excluding hydrogens is 1500 g/mol. The van der Waals surface area contributed by atoms with Crippen LogP contribution in [0.2, 0.25) is 12.1 Å². The number of unbranched alkanes of at least 4 members (excludes halogenated alkanes) is 8. The first-order valence-electron chi connectivity index (χ1n) is 39.8. The number of ether oxygens (including phenoxy) is 4. The number of carboxylic acid groups (broad SMARTS) is 2. The third-order valence-electron chi connectivity index (χ3n) is 21.1. The van der Waals surface area contributed by atoms with Crippen LogP contribution >= 0.6 is 56.7 Å². The highest BCUT2D eigenvalue weighted by molar-refractivity contribution is 7.32. The highest BCUT2D eigenvalue weighted by Crippen LogP contribution is 2.57. The second-order valence-corrected chi connectivity index (χ2v) is 38.3. The molecular formula is C94H100N4O8S5Si. The van der Waals surface area contributed by atoms with E-state index in [0.717, 1.165) is 128 Å². The Morgan fingerprint density at radius 2 is 0.946 bits per heavy atom. The van der Waals surface area contributed by atoms with Gasteiger partial charge in [-0.15, -0.1) is 56.7 Å². The first kappa shape index (κ1) is 81.7. The molecule has 0 saturated carbocycles. The number of aliphatic carboxylic acids is 2. The lowest BCUT2D eigenvalue weighted by Crippen LogP contribution is -2.54. The Bertz CT molecular complexity index is 4930. The van der Waals surface area contributed by atoms with Gasteiger partial charge in [0.25, 0.3) is 5.70 Å². The minimum atomic E-state index is -2.28. The molecule has 6 aromatic carbocycles. The largest absolute Gasteiger partial charge is 0.493 e. The SMILES string of the molecule is N#C/C(=C\c1ccc(-c2ccc(-c3ccc(N(c4ccccc4)c4ccccc4)cc3)s2)s1)C(=O)O.[C-]#[N+]/C(=C\c1cc2c(s1)-c1sc(-c3sc(-c4ccc(N(c5ccc(OCC(CC)CCCC)cc5)c5ccc(OCC(CC)CCCC)cc5)cc4)c4c3OCCO4)cc1[Si]2(CCCCCC)CCCCCC)C(=O)O. The van der Waals surface area contributed by atoms with E-state index >= 15 is 0 Å². The van der Waals surface area contributed by atoms with Crippen molar-refractivity contribution in [3.8, 4) is 79.2 Å². The van der Waals surface area contributed by atoms with Crippen LogP contribution in [0.1, 0.15) is 154 Å². The first-order chi connectivity index (χ1) is 54.8. The number of para-hydroxylation sites is 2. The standard InChI is InChI=1S/C64H80N2O6S3Si.C30H20N2O2S2/c1-8-14-18-20-38-76(39-21-19-15-9-2)56-41-53(40-54(65-7)64(67)68)73-62(56)63-57(76)42-55(74-63)61-59-58(69-36-37-70-59)60(75-61)47-24-26-48(27-25-47)66(49-28-32-51(33-29-49)71-43-45(12-5)22-16-10-3)50-30-34-52(35-31-50)72-44-46(13-6)23-17-11-4;31-20-22(30(33)34)19-26-15-16-28(35-26)29-18-17-27(36-29)21-11-13-25(14-12-21)32(23-7-3-1-4-8-23)24-9-5-2-6-10-24/h24-35,40-42,45-46H,8-23,36-39,43-44H2,1-6H3,(H,67,68);1-19H,(H,33,34)/b54-40-;22-19+. The zero-order valence-electron chi connectivity index (χ0n) is 65.0. The van der Waals surface area contributed by atoms with Crippen molar-refractivity contribution in [2.75, 3.05) is 36.2 Å². The fourth-order valence-electron chi connectivity index (χ4n) is 14.8. The number of nitrogens with zero attached hydrogens (tertiary/aromatic N) is 4. The average molecular weight is 1600 g/mol. The molecule has 578 valence electrons. The van der Waals surface area contributed by atoms with E-state index in [1.165, 1.54) is 144 Å². The maximum atomic E-state index is 12.0. The monoisotopic (exact) mass is 1600 g/mol. The number of hydrogen-bond donors (Lipinski definition) is 2. The number of anilines is 6. The lowest BCUT2D eigenvalue weighted by Gasteiger charge is -2.29. The molecule has 0 bridgehead atoms. The zero-order valence-corrected chi connectivity index (χ0v) is 70.1. The van der Waals surface area contributed by atoms with E-state index in [9.17, 15) is 14.7 Å². The topological polar surface area (TPSA) is 146 Å². The molecule has 2 atom stereocenters. The third kappa shape index (κ3) is 19.8. The van der Waals surface area contributed by atoms with E-state index in [1.807, 2.05) is 59.9 Å². The van der Waals surface area contributed by atoms with E-state index in [1.54, 1.807) is 46.2 Å². The van der Waals surface area contributed by atoms with Crippen LogP contribution < -0.4 is 39.1 Å². The van der Waals surface area contributed by atoms with Crippen LogP contribution in [0.15, 0.2) is 205 Å². The highest BCUT2D eigenvalue weighted by atomic mass is 32.1. The summed E-state index contributed by atoms with van der Waals surface area (Å²) in [7, 11) is -2.28. The van der Waals surface area contributed by atoms with Gasteiger partial charge in [0.15, 0.2) is 11.5 Å². The normalized spacial score (nSPS) is 13.2. The highest BCUT2D eigenvalue weighted by Gasteiger charge is 2.48. The van der Waals surface area contributed by atoms with Gasteiger partial charge in [-0.3, -0.25) is 4.79 Å². The van der Waals surface area contributed by atoms with Gasteiger partial charge in [-0.25, -0.2) is 9.64 Å². The smallest absolute Gasteiger partial charge is 0.346 e. The molecule has 13 rings (SSSR count). The zero-order chi connectivity index (χ0) is 78.4. The number of carbonyl (C=O) groups is 2. The number of hydrogen-bond acceptors (Lipinski definition) is 14. The fraction of sp³-hybridized carbons (Fsp3) is 0.319. The Morgan fingerprint density at radius 3 is 1.44 bits per heavy atom. The fourth-order valence-corrected chi connectivity index (χ4v) is 27.5. The summed E-state index contributed by atoms with van der Waals surface area (Å²) in [6.45, 7) is 23.6. The summed E-state index contributed by atoms with van der Waals surface area (Å²) in [6.07, 6.45) is 22.1. The molecule has 0 spiro atoms. The Labute approximate surface area is 682 Å². The molecule has 0 amide bonds. The number of carboxylic acids is 2. The van der Waals surface area contributed by atoms with Gasteiger partial charge >= 0.3 is 11.9 Å². The minimum absolute atomic E-state index is 0.240. The number of benzene rings is 6. The van der Waals surface area contributed by atoms with Crippen molar-refractivity contribution in [3.05, 3.63) is 227 Å². The van der Waals surface area contributed by atoms with Gasteiger partial charge in [0.05, 0.1) is 29.5 Å². The number of fused-ring (bicyclic) bond motifs is 4. The van der Waals surface area contributed by atoms with Gasteiger partial charge in [0.2, 0.25) is 0 Å². The maximum Gasteiger partial charge on any atom is 0.346 e. The molecule has 0 radical (unpaired) electrons. The van der Waals surface area contributed by atoms with Crippen LogP contribution in [0.4, 0.5) is 34.1 Å². The summed E-state index contributed by atoms with van der Waals surface area (Å²) < 4.78 is 25.9. The molecule has 2 aliphatic heterocycles. The summed E-state index contributed by atoms with van der Waals surface area (Å²) in [5.41, 5.74) is 8.08. The van der Waals surface area contributed by atoms with Crippen molar-refractivity contribution in [2.24, 2.45) is 11.8 Å². The average Bonchev–Trinajstić information content (AvgIpc) is 1.54. The summed E-state index contributed by atoms with van der Waals surface area (Å²) in [5.74, 6) is 2.12. The number of rotatable bonds is 38. The van der Waals surface area contributed by atoms with Crippen molar-refractivity contribution < 1.29 is 38.7 Å². The van der Waals surface area contributed by atoms with Crippen molar-refractivity contribution in [1.29, 1.82) is 5.26 Å². The van der Waals surface area contributed by atoms with Gasteiger partial charge in [0, 0.05) is 73.1 Å². The van der Waals surface area contributed by atoms with Crippen LogP contribution in [0.5, 0.6) is 23.0 Å². The van der Waals surface area contributed by atoms with Crippen LogP contribution in [-0.4, -0.2) is 56.7 Å². The van der Waals surface area contributed by atoms with Gasteiger partial charge < -0.3 is 39.0 Å². The van der Waals surface area contributed by atoms with Gasteiger partial charge in [0.1, 0.15) is 44.4 Å². The molecule has 0 fully saturated rings. The molecule has 7 heterocycles. The predicted molar refractivity (Wildman–Crippen MR) is 474 cm³/mol. The minimum Gasteiger partial charge on any atom is -0.493 e. The molecule has 5 aromatic heterocycles. The van der Waals surface area contributed by atoms with Crippen molar-refractivity contribution >= 4 is 133 Å². The number of thiophene rings is 5. The van der Waals surface area contributed by atoms with E-state index in [2.05, 4.69) is 202 Å².